The molecular weight excluding hydrogens is 284 g/mol. The molecule has 2 heterocycles. The number of amides is 3. The fourth-order valence-electron chi connectivity index (χ4n) is 3.67. The van der Waals surface area contributed by atoms with E-state index in [-0.39, 0.29) is 30.2 Å². The van der Waals surface area contributed by atoms with Gasteiger partial charge >= 0.3 is 0 Å². The van der Waals surface area contributed by atoms with E-state index in [9.17, 15) is 19.5 Å². The Bertz CT molecular complexity index is 712. The van der Waals surface area contributed by atoms with E-state index in [4.69, 9.17) is 0 Å². The SMILES string of the molecule is O=C1CC[C@H](N2Cc3cc4c(cc3C2=O)CC(O)C4)C(=O)N1. The molecule has 1 aromatic rings. The summed E-state index contributed by atoms with van der Waals surface area (Å²) in [6.45, 7) is 0.393. The molecule has 1 unspecified atom stereocenters. The fraction of sp³-hybridized carbons (Fsp3) is 0.438. The number of carbonyl (C=O) groups excluding carboxylic acids is 3. The Morgan fingerprint density at radius 2 is 1.82 bits per heavy atom. The van der Waals surface area contributed by atoms with Crippen molar-refractivity contribution in [2.75, 3.05) is 0 Å². The van der Waals surface area contributed by atoms with Crippen LogP contribution in [0.5, 0.6) is 0 Å². The molecule has 0 bridgehead atoms. The number of nitrogens with one attached hydrogen (secondary N) is 1. The quantitative estimate of drug-likeness (QED) is 0.710. The van der Waals surface area contributed by atoms with Crippen LogP contribution >= 0.6 is 0 Å². The molecule has 114 valence electrons. The first kappa shape index (κ1) is 13.5. The number of imide groups is 1. The lowest BCUT2D eigenvalue weighted by Gasteiger charge is -2.29. The molecule has 22 heavy (non-hydrogen) atoms. The molecule has 1 aliphatic carbocycles. The normalized spacial score (nSPS) is 27.0. The van der Waals surface area contributed by atoms with Gasteiger partial charge in [-0.2, -0.15) is 0 Å². The maximum absolute atomic E-state index is 12.6. The van der Waals surface area contributed by atoms with E-state index in [0.717, 1.165) is 16.7 Å². The Morgan fingerprint density at radius 3 is 2.55 bits per heavy atom. The standard InChI is InChI=1S/C16H16N2O4/c19-11-4-8-3-10-7-18(13-1-2-14(20)17-15(13)21)16(22)12(10)6-9(8)5-11/h3,6,11,13,19H,1-2,4-5,7H2,(H,17,20,21)/t11?,13-/m0/s1. The van der Waals surface area contributed by atoms with Crippen molar-refractivity contribution in [1.29, 1.82) is 0 Å². The topological polar surface area (TPSA) is 86.7 Å². The van der Waals surface area contributed by atoms with Crippen LogP contribution in [0.4, 0.5) is 0 Å². The van der Waals surface area contributed by atoms with Gasteiger partial charge in [0.05, 0.1) is 6.10 Å². The van der Waals surface area contributed by atoms with E-state index in [1.165, 1.54) is 0 Å². The van der Waals surface area contributed by atoms with Crippen molar-refractivity contribution in [3.8, 4) is 0 Å². The number of aliphatic hydroxyl groups is 1. The monoisotopic (exact) mass is 300 g/mol. The van der Waals surface area contributed by atoms with Gasteiger partial charge in [-0.1, -0.05) is 6.07 Å². The highest BCUT2D eigenvalue weighted by Crippen LogP contribution is 2.33. The van der Waals surface area contributed by atoms with E-state index in [2.05, 4.69) is 5.32 Å². The number of fused-ring (bicyclic) bond motifs is 2. The lowest BCUT2D eigenvalue weighted by molar-refractivity contribution is -0.136. The minimum Gasteiger partial charge on any atom is -0.392 e. The Balaban J connectivity index is 1.63. The summed E-state index contributed by atoms with van der Waals surface area (Å²) in [5.74, 6) is -0.826. The average Bonchev–Trinajstić information content (AvgIpc) is 2.96. The highest BCUT2D eigenvalue weighted by Gasteiger charge is 2.39. The zero-order chi connectivity index (χ0) is 15.4. The number of hydrogen-bond acceptors (Lipinski definition) is 4. The van der Waals surface area contributed by atoms with E-state index in [1.54, 1.807) is 4.90 Å². The van der Waals surface area contributed by atoms with Gasteiger partial charge in [0.1, 0.15) is 6.04 Å². The van der Waals surface area contributed by atoms with Gasteiger partial charge in [0.15, 0.2) is 0 Å². The molecule has 0 saturated carbocycles. The van der Waals surface area contributed by atoms with Crippen molar-refractivity contribution >= 4 is 17.7 Å². The predicted octanol–water partition coefficient (Wildman–Crippen LogP) is -0.0929. The molecule has 6 heteroatoms. The summed E-state index contributed by atoms with van der Waals surface area (Å²) in [4.78, 5) is 37.4. The van der Waals surface area contributed by atoms with Gasteiger partial charge in [-0.15, -0.1) is 0 Å². The van der Waals surface area contributed by atoms with E-state index < -0.39 is 6.04 Å². The molecule has 1 aromatic carbocycles. The number of nitrogens with zero attached hydrogens (tertiary/aromatic N) is 1. The molecular formula is C16H16N2O4. The van der Waals surface area contributed by atoms with Crippen LogP contribution in [0, 0.1) is 0 Å². The van der Waals surface area contributed by atoms with E-state index in [0.29, 0.717) is 31.4 Å². The highest BCUT2D eigenvalue weighted by molar-refractivity contribution is 6.05. The summed E-state index contributed by atoms with van der Waals surface area (Å²) in [5.41, 5.74) is 3.63. The zero-order valence-electron chi connectivity index (χ0n) is 12.0. The van der Waals surface area contributed by atoms with Crippen LogP contribution in [-0.4, -0.2) is 39.9 Å². The molecule has 0 radical (unpaired) electrons. The van der Waals surface area contributed by atoms with Crippen molar-refractivity contribution in [3.05, 3.63) is 34.4 Å². The maximum atomic E-state index is 12.6. The lowest BCUT2D eigenvalue weighted by Crippen LogP contribution is -2.52. The van der Waals surface area contributed by atoms with Crippen LogP contribution in [-0.2, 0) is 29.0 Å². The summed E-state index contributed by atoms with van der Waals surface area (Å²) >= 11 is 0. The summed E-state index contributed by atoms with van der Waals surface area (Å²) in [6, 6.07) is 3.26. The van der Waals surface area contributed by atoms with Crippen LogP contribution in [0.1, 0.15) is 39.9 Å². The molecule has 1 saturated heterocycles. The molecule has 2 atom stereocenters. The van der Waals surface area contributed by atoms with E-state index in [1.807, 2.05) is 12.1 Å². The molecule has 2 aliphatic heterocycles. The van der Waals surface area contributed by atoms with Crippen LogP contribution in [0.3, 0.4) is 0 Å². The van der Waals surface area contributed by atoms with Gasteiger partial charge in [0.25, 0.3) is 5.91 Å². The Labute approximate surface area is 127 Å². The Kier molecular flexibility index (Phi) is 2.84. The predicted molar refractivity (Wildman–Crippen MR) is 75.9 cm³/mol. The largest absolute Gasteiger partial charge is 0.392 e. The fourth-order valence-corrected chi connectivity index (χ4v) is 3.67. The first-order valence-corrected chi connectivity index (χ1v) is 7.50. The van der Waals surface area contributed by atoms with Crippen molar-refractivity contribution in [2.24, 2.45) is 0 Å². The first-order valence-electron chi connectivity index (χ1n) is 7.50. The number of piperidine rings is 1. The third kappa shape index (κ3) is 1.94. The molecule has 0 spiro atoms. The van der Waals surface area contributed by atoms with Crippen LogP contribution in [0.2, 0.25) is 0 Å². The second-order valence-electron chi connectivity index (χ2n) is 6.24. The maximum Gasteiger partial charge on any atom is 0.255 e. The van der Waals surface area contributed by atoms with Crippen molar-refractivity contribution in [3.63, 3.8) is 0 Å². The Hall–Kier alpha value is -2.21. The first-order chi connectivity index (χ1) is 10.5. The smallest absolute Gasteiger partial charge is 0.255 e. The Morgan fingerprint density at radius 1 is 1.09 bits per heavy atom. The van der Waals surface area contributed by atoms with E-state index >= 15 is 0 Å². The van der Waals surface area contributed by atoms with Crippen LogP contribution in [0.15, 0.2) is 12.1 Å². The zero-order valence-corrected chi connectivity index (χ0v) is 12.0. The highest BCUT2D eigenvalue weighted by atomic mass is 16.3. The van der Waals surface area contributed by atoms with Gasteiger partial charge in [-0.25, -0.2) is 0 Å². The van der Waals surface area contributed by atoms with Gasteiger partial charge in [-0.05, 0) is 42.0 Å². The third-order valence-electron chi connectivity index (χ3n) is 4.75. The summed E-state index contributed by atoms with van der Waals surface area (Å²) in [5, 5.41) is 12.0. The molecule has 3 aliphatic rings. The molecule has 0 aromatic heterocycles. The number of carbonyl (C=O) groups is 3. The van der Waals surface area contributed by atoms with Gasteiger partial charge < -0.3 is 10.0 Å². The molecule has 2 N–H and O–H groups in total. The number of rotatable bonds is 1. The molecule has 4 rings (SSSR count). The minimum absolute atomic E-state index is 0.159. The number of aliphatic hydroxyl groups excluding tert-OH is 1. The van der Waals surface area contributed by atoms with Gasteiger partial charge in [-0.3, -0.25) is 19.7 Å². The molecule has 1 fully saturated rings. The van der Waals surface area contributed by atoms with Gasteiger partial charge in [0.2, 0.25) is 11.8 Å². The van der Waals surface area contributed by atoms with Gasteiger partial charge in [0, 0.05) is 18.5 Å². The summed E-state index contributed by atoms with van der Waals surface area (Å²) < 4.78 is 0. The van der Waals surface area contributed by atoms with Crippen molar-refractivity contribution in [1.82, 2.24) is 10.2 Å². The molecule has 6 nitrogen and oxygen atoms in total. The number of hydrogen-bond donors (Lipinski definition) is 2. The lowest BCUT2D eigenvalue weighted by atomic mass is 10.0. The number of benzene rings is 1. The average molecular weight is 300 g/mol. The second-order valence-corrected chi connectivity index (χ2v) is 6.24. The minimum atomic E-state index is -0.571. The van der Waals surface area contributed by atoms with Crippen molar-refractivity contribution in [2.45, 2.75) is 44.4 Å². The van der Waals surface area contributed by atoms with Crippen molar-refractivity contribution < 1.29 is 19.5 Å². The van der Waals surface area contributed by atoms with Crippen LogP contribution in [0.25, 0.3) is 0 Å². The second kappa shape index (κ2) is 4.64. The molecule has 3 amide bonds. The summed E-state index contributed by atoms with van der Waals surface area (Å²) in [6.07, 6.45) is 1.48. The van der Waals surface area contributed by atoms with Crippen LogP contribution < -0.4 is 5.32 Å². The third-order valence-corrected chi connectivity index (χ3v) is 4.75. The summed E-state index contributed by atoms with van der Waals surface area (Å²) in [7, 11) is 0.